The number of rotatable bonds is 1. The van der Waals surface area contributed by atoms with Crippen LogP contribution in [0.25, 0.3) is 0 Å². The molecule has 2 nitrogen and oxygen atoms in total. The number of nitrogens with one attached hydrogen (secondary N) is 2. The molecule has 3 unspecified atom stereocenters. The summed E-state index contributed by atoms with van der Waals surface area (Å²) in [6.07, 6.45) is 3.95. The van der Waals surface area contributed by atoms with Gasteiger partial charge in [0.25, 0.3) is 0 Å². The molecule has 0 amide bonds. The molecule has 0 saturated heterocycles. The Labute approximate surface area is 86.5 Å². The lowest BCUT2D eigenvalue weighted by Gasteiger charge is -2.35. The Balaban J connectivity index is 2.43. The molecule has 1 rings (SSSR count). The lowest BCUT2D eigenvalue weighted by Crippen LogP contribution is -2.46. The van der Waals surface area contributed by atoms with Crippen molar-refractivity contribution in [2.75, 3.05) is 7.05 Å². The molecule has 0 bridgehead atoms. The van der Waals surface area contributed by atoms with Crippen molar-refractivity contribution in [3.8, 4) is 0 Å². The van der Waals surface area contributed by atoms with Crippen molar-refractivity contribution < 1.29 is 0 Å². The molecule has 1 fully saturated rings. The number of hydrogen-bond donors (Lipinski definition) is 2. The van der Waals surface area contributed by atoms with Crippen molar-refractivity contribution in [1.82, 2.24) is 10.6 Å². The second-order valence-electron chi connectivity index (χ2n) is 4.10. The Bertz CT molecular complexity index is 182. The van der Waals surface area contributed by atoms with Gasteiger partial charge in [-0.25, -0.2) is 0 Å². The van der Waals surface area contributed by atoms with Gasteiger partial charge in [-0.2, -0.15) is 0 Å². The zero-order chi connectivity index (χ0) is 9.84. The summed E-state index contributed by atoms with van der Waals surface area (Å²) in [5.41, 5.74) is 0. The summed E-state index contributed by atoms with van der Waals surface area (Å²) >= 11 is 5.11. The van der Waals surface area contributed by atoms with E-state index in [1.54, 1.807) is 0 Å². The molecule has 3 atom stereocenters. The van der Waals surface area contributed by atoms with Gasteiger partial charge in [-0.1, -0.05) is 26.7 Å². The first-order valence-corrected chi connectivity index (χ1v) is 5.54. The van der Waals surface area contributed by atoms with E-state index in [-0.39, 0.29) is 0 Å². The predicted molar refractivity (Wildman–Crippen MR) is 60.8 cm³/mol. The maximum absolute atomic E-state index is 5.11. The van der Waals surface area contributed by atoms with Crippen LogP contribution in [-0.2, 0) is 0 Å². The molecule has 2 N–H and O–H groups in total. The van der Waals surface area contributed by atoms with Gasteiger partial charge in [-0.15, -0.1) is 0 Å². The van der Waals surface area contributed by atoms with Crippen LogP contribution in [0.1, 0.15) is 33.1 Å². The third-order valence-corrected chi connectivity index (χ3v) is 3.57. The number of thiocarbonyl (C=S) groups is 1. The van der Waals surface area contributed by atoms with Gasteiger partial charge in [0.1, 0.15) is 0 Å². The third kappa shape index (κ3) is 2.83. The van der Waals surface area contributed by atoms with E-state index in [1.807, 2.05) is 7.05 Å². The summed E-state index contributed by atoms with van der Waals surface area (Å²) in [5.74, 6) is 1.56. The fourth-order valence-electron chi connectivity index (χ4n) is 2.03. The molecule has 1 aliphatic rings. The summed E-state index contributed by atoms with van der Waals surface area (Å²) in [7, 11) is 1.87. The van der Waals surface area contributed by atoms with Crippen LogP contribution in [0.4, 0.5) is 0 Å². The van der Waals surface area contributed by atoms with E-state index in [1.165, 1.54) is 19.3 Å². The minimum absolute atomic E-state index is 0.573. The molecule has 76 valence electrons. The van der Waals surface area contributed by atoms with Crippen molar-refractivity contribution in [3.05, 3.63) is 0 Å². The van der Waals surface area contributed by atoms with Gasteiger partial charge in [-0.05, 0) is 30.5 Å². The number of hydrogen-bond acceptors (Lipinski definition) is 1. The van der Waals surface area contributed by atoms with E-state index in [4.69, 9.17) is 12.2 Å². The highest BCUT2D eigenvalue weighted by atomic mass is 32.1. The first-order valence-electron chi connectivity index (χ1n) is 5.13. The first kappa shape index (κ1) is 10.8. The molecule has 0 aliphatic heterocycles. The Hall–Kier alpha value is -0.310. The van der Waals surface area contributed by atoms with E-state index in [0.29, 0.717) is 6.04 Å². The molecular weight excluding hydrogens is 180 g/mol. The largest absolute Gasteiger partial charge is 0.366 e. The smallest absolute Gasteiger partial charge is 0.166 e. The van der Waals surface area contributed by atoms with Crippen LogP contribution in [0.2, 0.25) is 0 Å². The summed E-state index contributed by atoms with van der Waals surface area (Å²) in [4.78, 5) is 0. The quantitative estimate of drug-likeness (QED) is 0.632. The van der Waals surface area contributed by atoms with Crippen molar-refractivity contribution in [3.63, 3.8) is 0 Å². The second kappa shape index (κ2) is 4.80. The SMILES string of the molecule is CNC(=S)NC1CCCC(C)C1C. The van der Waals surface area contributed by atoms with Crippen molar-refractivity contribution in [2.24, 2.45) is 11.8 Å². The Morgan fingerprint density at radius 2 is 2.00 bits per heavy atom. The van der Waals surface area contributed by atoms with Crippen LogP contribution in [0, 0.1) is 11.8 Å². The summed E-state index contributed by atoms with van der Waals surface area (Å²) < 4.78 is 0. The molecule has 0 aromatic heterocycles. The molecule has 0 radical (unpaired) electrons. The zero-order valence-electron chi connectivity index (χ0n) is 8.76. The van der Waals surface area contributed by atoms with Gasteiger partial charge in [0.15, 0.2) is 5.11 Å². The molecule has 1 aliphatic carbocycles. The van der Waals surface area contributed by atoms with Crippen molar-refractivity contribution in [2.45, 2.75) is 39.2 Å². The van der Waals surface area contributed by atoms with Crippen LogP contribution in [0.5, 0.6) is 0 Å². The van der Waals surface area contributed by atoms with Crippen LogP contribution in [0.3, 0.4) is 0 Å². The molecule has 0 aromatic carbocycles. The van der Waals surface area contributed by atoms with Gasteiger partial charge in [0.05, 0.1) is 0 Å². The molecule has 0 spiro atoms. The zero-order valence-corrected chi connectivity index (χ0v) is 9.58. The van der Waals surface area contributed by atoms with E-state index in [2.05, 4.69) is 24.5 Å². The summed E-state index contributed by atoms with van der Waals surface area (Å²) in [6, 6.07) is 0.573. The molecular formula is C10H20N2S. The fraction of sp³-hybridized carbons (Fsp3) is 0.900. The maximum atomic E-state index is 5.11. The summed E-state index contributed by atoms with van der Waals surface area (Å²) in [6.45, 7) is 4.65. The molecule has 0 heterocycles. The first-order chi connectivity index (χ1) is 6.15. The van der Waals surface area contributed by atoms with Crippen LogP contribution < -0.4 is 10.6 Å². The average molecular weight is 200 g/mol. The maximum Gasteiger partial charge on any atom is 0.166 e. The molecule has 13 heavy (non-hydrogen) atoms. The second-order valence-corrected chi connectivity index (χ2v) is 4.51. The Kier molecular flexibility index (Phi) is 3.97. The van der Waals surface area contributed by atoms with Crippen LogP contribution in [0.15, 0.2) is 0 Å². The molecule has 1 saturated carbocycles. The van der Waals surface area contributed by atoms with E-state index in [9.17, 15) is 0 Å². The Morgan fingerprint density at radius 1 is 1.31 bits per heavy atom. The van der Waals surface area contributed by atoms with Gasteiger partial charge < -0.3 is 10.6 Å². The fourth-order valence-corrected chi connectivity index (χ4v) is 2.18. The highest BCUT2D eigenvalue weighted by Crippen LogP contribution is 2.29. The van der Waals surface area contributed by atoms with E-state index < -0.39 is 0 Å². The van der Waals surface area contributed by atoms with Gasteiger partial charge in [-0.3, -0.25) is 0 Å². The lowest BCUT2D eigenvalue weighted by atomic mass is 9.78. The third-order valence-electron chi connectivity index (χ3n) is 3.25. The topological polar surface area (TPSA) is 24.1 Å². The minimum atomic E-state index is 0.573. The lowest BCUT2D eigenvalue weighted by molar-refractivity contribution is 0.224. The summed E-state index contributed by atoms with van der Waals surface area (Å²) in [5, 5.41) is 7.12. The molecule has 3 heteroatoms. The van der Waals surface area contributed by atoms with Crippen LogP contribution >= 0.6 is 12.2 Å². The standard InChI is InChI=1S/C10H20N2S/c1-7-5-4-6-9(8(7)2)12-10(13)11-3/h7-9H,4-6H2,1-3H3,(H2,11,12,13). The monoisotopic (exact) mass is 200 g/mol. The highest BCUT2D eigenvalue weighted by Gasteiger charge is 2.26. The predicted octanol–water partition coefficient (Wildman–Crippen LogP) is 1.90. The van der Waals surface area contributed by atoms with Gasteiger partial charge in [0.2, 0.25) is 0 Å². The average Bonchev–Trinajstić information content (AvgIpc) is 2.13. The van der Waals surface area contributed by atoms with Crippen molar-refractivity contribution >= 4 is 17.3 Å². The normalized spacial score (nSPS) is 33.9. The van der Waals surface area contributed by atoms with Crippen LogP contribution in [-0.4, -0.2) is 18.2 Å². The van der Waals surface area contributed by atoms with Gasteiger partial charge in [0, 0.05) is 13.1 Å². The minimum Gasteiger partial charge on any atom is -0.366 e. The van der Waals surface area contributed by atoms with Gasteiger partial charge >= 0.3 is 0 Å². The van der Waals surface area contributed by atoms with Crippen molar-refractivity contribution in [1.29, 1.82) is 0 Å². The highest BCUT2D eigenvalue weighted by molar-refractivity contribution is 7.80. The van der Waals surface area contributed by atoms with E-state index in [0.717, 1.165) is 16.9 Å². The van der Waals surface area contributed by atoms with E-state index >= 15 is 0 Å². The Morgan fingerprint density at radius 3 is 2.62 bits per heavy atom. The molecule has 0 aromatic rings.